The van der Waals surface area contributed by atoms with Gasteiger partial charge in [-0.25, -0.2) is 0 Å². The zero-order valence-electron chi connectivity index (χ0n) is 34.3. The predicted molar refractivity (Wildman–Crippen MR) is 266 cm³/mol. The topological polar surface area (TPSA) is 4.93 Å². The van der Waals surface area contributed by atoms with E-state index in [0.29, 0.717) is 0 Å². The van der Waals surface area contributed by atoms with Crippen LogP contribution >= 0.6 is 0 Å². The number of fused-ring (bicyclic) bond motifs is 3. The largest absolute Gasteiger partial charge is 0.308 e. The summed E-state index contributed by atoms with van der Waals surface area (Å²) in [6.07, 6.45) is 0. The van der Waals surface area contributed by atoms with Crippen LogP contribution in [-0.2, 0) is 0 Å². The second-order valence-corrected chi connectivity index (χ2v) is 19.8. The van der Waals surface area contributed by atoms with Crippen molar-refractivity contribution in [2.24, 2.45) is 0 Å². The highest BCUT2D eigenvalue weighted by atomic mass is 28.3. The molecule has 0 aliphatic carbocycles. The summed E-state index contributed by atoms with van der Waals surface area (Å²) in [5, 5.41) is 7.82. The molecule has 1 heterocycles. The van der Waals surface area contributed by atoms with Crippen LogP contribution in [0.4, 0.5) is 0 Å². The first-order valence-corrected chi connectivity index (χ1v) is 23.4. The lowest BCUT2D eigenvalue weighted by molar-refractivity contribution is 1.18. The fraction of sp³-hybridized carbons (Fsp3) is 0. The highest BCUT2D eigenvalue weighted by molar-refractivity contribution is 7.20. The van der Waals surface area contributed by atoms with E-state index in [9.17, 15) is 0 Å². The Hall–Kier alpha value is -7.78. The summed E-state index contributed by atoms with van der Waals surface area (Å²) < 4.78 is 2.54. The number of rotatable bonds is 9. The van der Waals surface area contributed by atoms with Gasteiger partial charge in [0.1, 0.15) is 0 Å². The minimum Gasteiger partial charge on any atom is -0.308 e. The Balaban J connectivity index is 1.28. The van der Waals surface area contributed by atoms with Gasteiger partial charge in [0.05, 0.1) is 16.7 Å². The monoisotopic (exact) mass is 805 g/mol. The van der Waals surface area contributed by atoms with Gasteiger partial charge in [-0.3, -0.25) is 0 Å². The molecule has 0 fully saturated rings. The van der Waals surface area contributed by atoms with E-state index in [0.717, 1.165) is 0 Å². The van der Waals surface area contributed by atoms with E-state index in [1.165, 1.54) is 92.7 Å². The van der Waals surface area contributed by atoms with Crippen molar-refractivity contribution in [3.8, 4) is 50.2 Å². The highest BCUT2D eigenvalue weighted by Gasteiger charge is 2.42. The van der Waals surface area contributed by atoms with Gasteiger partial charge in [0, 0.05) is 21.9 Å². The van der Waals surface area contributed by atoms with E-state index in [2.05, 4.69) is 265 Å². The molecule has 1 nitrogen and oxygen atoms in total. The van der Waals surface area contributed by atoms with Crippen LogP contribution in [0.3, 0.4) is 0 Å². The first-order chi connectivity index (χ1) is 30.8. The van der Waals surface area contributed by atoms with Crippen LogP contribution < -0.4 is 20.7 Å². The maximum atomic E-state index is 2.55. The fourth-order valence-electron chi connectivity index (χ4n) is 9.71. The van der Waals surface area contributed by atoms with Crippen molar-refractivity contribution in [2.75, 3.05) is 0 Å². The van der Waals surface area contributed by atoms with Gasteiger partial charge in [-0.2, -0.15) is 0 Å². The van der Waals surface area contributed by atoms with Gasteiger partial charge in [-0.1, -0.05) is 243 Å². The summed E-state index contributed by atoms with van der Waals surface area (Å²) >= 11 is 0. The van der Waals surface area contributed by atoms with Crippen molar-refractivity contribution >= 4 is 50.6 Å². The molecule has 0 N–H and O–H groups in total. The Kier molecular flexibility index (Phi) is 9.61. The minimum absolute atomic E-state index is 1.17. The molecule has 0 saturated heterocycles. The molecule has 0 aliphatic rings. The van der Waals surface area contributed by atoms with Gasteiger partial charge in [0.2, 0.25) is 0 Å². The molecule has 0 aliphatic heterocycles. The van der Waals surface area contributed by atoms with E-state index >= 15 is 0 Å². The average Bonchev–Trinajstić information content (AvgIpc) is 3.69. The maximum Gasteiger partial charge on any atom is 0.179 e. The molecule has 0 bridgehead atoms. The summed E-state index contributed by atoms with van der Waals surface area (Å²) in [5.74, 6) is 0. The van der Waals surface area contributed by atoms with Crippen molar-refractivity contribution in [3.63, 3.8) is 0 Å². The zero-order valence-corrected chi connectivity index (χ0v) is 35.3. The third-order valence-corrected chi connectivity index (χ3v) is 17.3. The van der Waals surface area contributed by atoms with Crippen LogP contribution in [0.2, 0.25) is 0 Å². The number of hydrogen-bond donors (Lipinski definition) is 0. The average molecular weight is 806 g/mol. The summed E-state index contributed by atoms with van der Waals surface area (Å²) in [7, 11) is -3.02. The molecule has 11 aromatic rings. The molecule has 0 amide bonds. The Morgan fingerprint density at radius 2 is 0.613 bits per heavy atom. The van der Waals surface area contributed by atoms with E-state index in [1.807, 2.05) is 0 Å². The second-order valence-electron chi connectivity index (χ2n) is 16.0. The quantitative estimate of drug-likeness (QED) is 0.101. The number of hydrogen-bond acceptors (Lipinski definition) is 0. The van der Waals surface area contributed by atoms with Crippen molar-refractivity contribution in [1.82, 2.24) is 4.57 Å². The van der Waals surface area contributed by atoms with E-state index < -0.39 is 8.07 Å². The molecule has 11 rings (SSSR count). The van der Waals surface area contributed by atoms with E-state index in [1.54, 1.807) is 0 Å². The molecule has 0 unspecified atom stereocenters. The zero-order chi connectivity index (χ0) is 41.3. The summed E-state index contributed by atoms with van der Waals surface area (Å²) in [6.45, 7) is 0. The Labute approximate surface area is 364 Å². The molecule has 1 aromatic heterocycles. The molecule has 0 radical (unpaired) electrons. The SMILES string of the molecule is c1ccc(-c2ccc([Si](c3ccccc3)(c3ccccc3)c3cc(-c4ccccc4)c(-n4c5ccccc5c5cc(-c6ccccc6)ccc54)c(-c4ccccc4)c3)cc2)cc1. The summed E-state index contributed by atoms with van der Waals surface area (Å²) in [4.78, 5) is 0. The number of benzene rings is 10. The van der Waals surface area contributed by atoms with Crippen LogP contribution in [-0.4, -0.2) is 12.6 Å². The molecule has 0 atom stereocenters. The third kappa shape index (κ3) is 6.41. The van der Waals surface area contributed by atoms with Gasteiger partial charge in [0.25, 0.3) is 0 Å². The van der Waals surface area contributed by atoms with E-state index in [-0.39, 0.29) is 0 Å². The summed E-state index contributed by atoms with van der Waals surface area (Å²) in [5.41, 5.74) is 13.1. The van der Waals surface area contributed by atoms with Crippen molar-refractivity contribution in [1.29, 1.82) is 0 Å². The maximum absolute atomic E-state index is 3.02. The first-order valence-electron chi connectivity index (χ1n) is 21.4. The lowest BCUT2D eigenvalue weighted by atomic mass is 9.95. The van der Waals surface area contributed by atoms with Crippen LogP contribution in [0.1, 0.15) is 0 Å². The second kappa shape index (κ2) is 16.0. The van der Waals surface area contributed by atoms with Crippen LogP contribution in [0, 0.1) is 0 Å². The molecular formula is C60H43NSi. The number of nitrogens with zero attached hydrogens (tertiary/aromatic N) is 1. The van der Waals surface area contributed by atoms with Crippen LogP contribution in [0.25, 0.3) is 72.0 Å². The minimum atomic E-state index is -3.02. The third-order valence-electron chi connectivity index (χ3n) is 12.6. The molecule has 2 heteroatoms. The number of para-hydroxylation sites is 1. The molecule has 10 aromatic carbocycles. The Morgan fingerprint density at radius 3 is 1.13 bits per heavy atom. The normalized spacial score (nSPS) is 11.5. The van der Waals surface area contributed by atoms with Crippen LogP contribution in [0.5, 0.6) is 0 Å². The highest BCUT2D eigenvalue weighted by Crippen LogP contribution is 2.42. The molecule has 0 spiro atoms. The number of aromatic nitrogens is 1. The van der Waals surface area contributed by atoms with Gasteiger partial charge < -0.3 is 4.57 Å². The van der Waals surface area contributed by atoms with Crippen LogP contribution in [0.15, 0.2) is 261 Å². The first kappa shape index (κ1) is 37.2. The standard InChI is InChI=1S/C60H43NSi/c1-7-21-44(22-8-1)46-35-38-52(39-36-46)62(50-29-15-5-16-30-50,51-31-17-6-18-32-51)53-42-55(47-25-11-3-12-26-47)60(56(43-53)48-27-13-4-14-28-48)61-58-34-20-19-33-54(58)57-41-49(37-40-59(57)61)45-23-9-2-10-24-45/h1-43H. The Morgan fingerprint density at radius 1 is 0.242 bits per heavy atom. The van der Waals surface area contributed by atoms with Gasteiger partial charge in [-0.05, 0) is 72.3 Å². The van der Waals surface area contributed by atoms with Gasteiger partial charge in [-0.15, -0.1) is 0 Å². The van der Waals surface area contributed by atoms with Crippen molar-refractivity contribution in [3.05, 3.63) is 261 Å². The van der Waals surface area contributed by atoms with Gasteiger partial charge >= 0.3 is 0 Å². The predicted octanol–water partition coefficient (Wildman–Crippen LogP) is 12.8. The molecular weight excluding hydrogens is 763 g/mol. The molecule has 292 valence electrons. The van der Waals surface area contributed by atoms with Crippen molar-refractivity contribution < 1.29 is 0 Å². The fourth-order valence-corrected chi connectivity index (χ4v) is 14.5. The smallest absolute Gasteiger partial charge is 0.179 e. The lowest BCUT2D eigenvalue weighted by Gasteiger charge is -2.36. The Bertz CT molecular complexity index is 3190. The molecule has 0 saturated carbocycles. The van der Waals surface area contributed by atoms with Crippen molar-refractivity contribution in [2.45, 2.75) is 0 Å². The van der Waals surface area contributed by atoms with E-state index in [4.69, 9.17) is 0 Å². The van der Waals surface area contributed by atoms with Gasteiger partial charge in [0.15, 0.2) is 8.07 Å². The molecule has 62 heavy (non-hydrogen) atoms. The summed E-state index contributed by atoms with van der Waals surface area (Å²) in [6, 6.07) is 96.6. The lowest BCUT2D eigenvalue weighted by Crippen LogP contribution is -2.74.